The molecule has 1 aliphatic rings. The number of unbranched alkanes of at least 4 members (excludes halogenated alkanes) is 3. The van der Waals surface area contributed by atoms with E-state index in [0.29, 0.717) is 6.04 Å². The van der Waals surface area contributed by atoms with E-state index in [1.165, 1.54) is 44.9 Å². The largest absolute Gasteiger partial charge is 0.351 e. The SMILES string of the molecule is C=CCCCCCN(C)C(=NC)NCc1ccn(C2CCCC2)n1.I. The molecule has 1 aromatic rings. The summed E-state index contributed by atoms with van der Waals surface area (Å²) in [5.41, 5.74) is 1.09. The zero-order valence-electron chi connectivity index (χ0n) is 15.8. The molecule has 25 heavy (non-hydrogen) atoms. The molecule has 0 amide bonds. The molecular formula is C19H34IN5. The van der Waals surface area contributed by atoms with E-state index in [4.69, 9.17) is 5.10 Å². The zero-order valence-corrected chi connectivity index (χ0v) is 18.1. The van der Waals surface area contributed by atoms with Crippen LogP contribution in [0.2, 0.25) is 0 Å². The second-order valence-electron chi connectivity index (χ2n) is 6.69. The minimum Gasteiger partial charge on any atom is -0.351 e. The zero-order chi connectivity index (χ0) is 17.2. The van der Waals surface area contributed by atoms with E-state index in [0.717, 1.165) is 31.2 Å². The lowest BCUT2D eigenvalue weighted by atomic mass is 10.2. The van der Waals surface area contributed by atoms with E-state index in [-0.39, 0.29) is 24.0 Å². The fourth-order valence-corrected chi connectivity index (χ4v) is 3.32. The second-order valence-corrected chi connectivity index (χ2v) is 6.69. The van der Waals surface area contributed by atoms with Gasteiger partial charge < -0.3 is 10.2 Å². The first kappa shape index (κ1) is 22.0. The van der Waals surface area contributed by atoms with Crippen molar-refractivity contribution in [2.24, 2.45) is 4.99 Å². The van der Waals surface area contributed by atoms with Crippen LogP contribution < -0.4 is 5.32 Å². The molecule has 1 heterocycles. The van der Waals surface area contributed by atoms with Crippen LogP contribution in [0.15, 0.2) is 29.9 Å². The molecule has 2 rings (SSSR count). The Labute approximate surface area is 170 Å². The highest BCUT2D eigenvalue weighted by molar-refractivity contribution is 14.0. The van der Waals surface area contributed by atoms with Gasteiger partial charge >= 0.3 is 0 Å². The Morgan fingerprint density at radius 1 is 1.40 bits per heavy atom. The smallest absolute Gasteiger partial charge is 0.193 e. The maximum absolute atomic E-state index is 4.72. The molecule has 1 aromatic heterocycles. The van der Waals surface area contributed by atoms with Crippen LogP contribution in [0.5, 0.6) is 0 Å². The van der Waals surface area contributed by atoms with Crippen molar-refractivity contribution in [1.29, 1.82) is 0 Å². The van der Waals surface area contributed by atoms with E-state index in [2.05, 4.69) is 45.8 Å². The molecule has 0 bridgehead atoms. The summed E-state index contributed by atoms with van der Waals surface area (Å²) >= 11 is 0. The van der Waals surface area contributed by atoms with E-state index in [1.807, 2.05) is 13.1 Å². The molecule has 0 aliphatic heterocycles. The highest BCUT2D eigenvalue weighted by atomic mass is 127. The highest BCUT2D eigenvalue weighted by Gasteiger charge is 2.17. The van der Waals surface area contributed by atoms with Crippen LogP contribution in [0.1, 0.15) is 63.1 Å². The number of hydrogen-bond donors (Lipinski definition) is 1. The van der Waals surface area contributed by atoms with Crippen LogP contribution in [0, 0.1) is 0 Å². The van der Waals surface area contributed by atoms with E-state index < -0.39 is 0 Å². The Bertz CT molecular complexity index is 520. The third kappa shape index (κ3) is 7.38. The Morgan fingerprint density at radius 2 is 2.16 bits per heavy atom. The average Bonchev–Trinajstić information content (AvgIpc) is 3.26. The van der Waals surface area contributed by atoms with Gasteiger partial charge in [0.25, 0.3) is 0 Å². The topological polar surface area (TPSA) is 45.5 Å². The molecule has 0 aromatic carbocycles. The van der Waals surface area contributed by atoms with E-state index >= 15 is 0 Å². The number of nitrogens with zero attached hydrogens (tertiary/aromatic N) is 4. The molecule has 1 aliphatic carbocycles. The van der Waals surface area contributed by atoms with Gasteiger partial charge in [-0.3, -0.25) is 9.67 Å². The molecule has 0 unspecified atom stereocenters. The van der Waals surface area contributed by atoms with Gasteiger partial charge in [0.15, 0.2) is 5.96 Å². The summed E-state index contributed by atoms with van der Waals surface area (Å²) in [6.07, 6.45) is 14.1. The van der Waals surface area contributed by atoms with Gasteiger partial charge in [0.05, 0.1) is 18.3 Å². The summed E-state index contributed by atoms with van der Waals surface area (Å²) in [4.78, 5) is 6.58. The average molecular weight is 459 g/mol. The molecule has 0 spiro atoms. The van der Waals surface area contributed by atoms with E-state index in [1.54, 1.807) is 0 Å². The number of guanidine groups is 1. The number of nitrogens with one attached hydrogen (secondary N) is 1. The van der Waals surface area contributed by atoms with Gasteiger partial charge in [0, 0.05) is 26.8 Å². The molecule has 6 heteroatoms. The second kappa shape index (κ2) is 12.3. The first-order valence-corrected chi connectivity index (χ1v) is 9.31. The van der Waals surface area contributed by atoms with Gasteiger partial charge in [-0.25, -0.2) is 0 Å². The van der Waals surface area contributed by atoms with Gasteiger partial charge in [0.2, 0.25) is 0 Å². The molecule has 0 radical (unpaired) electrons. The predicted molar refractivity (Wildman–Crippen MR) is 117 cm³/mol. The number of aliphatic imine (C=N–C) groups is 1. The predicted octanol–water partition coefficient (Wildman–Crippen LogP) is 4.37. The molecule has 1 N–H and O–H groups in total. The van der Waals surface area contributed by atoms with Crippen LogP contribution in [-0.2, 0) is 6.54 Å². The van der Waals surface area contributed by atoms with Crippen molar-refractivity contribution in [2.45, 2.75) is 64.0 Å². The number of aromatic nitrogens is 2. The number of halogens is 1. The Kier molecular flexibility index (Phi) is 10.8. The third-order valence-electron chi connectivity index (χ3n) is 4.77. The van der Waals surface area contributed by atoms with Crippen molar-refractivity contribution in [3.05, 3.63) is 30.6 Å². The van der Waals surface area contributed by atoms with Gasteiger partial charge in [-0.2, -0.15) is 5.10 Å². The third-order valence-corrected chi connectivity index (χ3v) is 4.77. The van der Waals surface area contributed by atoms with Crippen LogP contribution >= 0.6 is 24.0 Å². The molecular weight excluding hydrogens is 425 g/mol. The monoisotopic (exact) mass is 459 g/mol. The number of allylic oxidation sites excluding steroid dienone is 1. The maximum Gasteiger partial charge on any atom is 0.193 e. The highest BCUT2D eigenvalue weighted by Crippen LogP contribution is 2.28. The first-order valence-electron chi connectivity index (χ1n) is 9.31. The van der Waals surface area contributed by atoms with Gasteiger partial charge in [-0.15, -0.1) is 30.6 Å². The molecule has 1 saturated carbocycles. The van der Waals surface area contributed by atoms with Crippen molar-refractivity contribution in [1.82, 2.24) is 20.0 Å². The van der Waals surface area contributed by atoms with Gasteiger partial charge in [-0.05, 0) is 38.2 Å². The summed E-state index contributed by atoms with van der Waals surface area (Å²) in [5, 5.41) is 8.15. The lowest BCUT2D eigenvalue weighted by Crippen LogP contribution is -2.39. The minimum absolute atomic E-state index is 0. The van der Waals surface area contributed by atoms with Crippen LogP contribution in [0.25, 0.3) is 0 Å². The summed E-state index contributed by atoms with van der Waals surface area (Å²) in [7, 11) is 3.94. The molecule has 0 saturated heterocycles. The number of hydrogen-bond acceptors (Lipinski definition) is 2. The standard InChI is InChI=1S/C19H33N5.HI/c1-4-5-6-7-10-14-23(3)19(20-2)21-16-17-13-15-24(22-17)18-11-8-9-12-18;/h4,13,15,18H,1,5-12,14,16H2,2-3H3,(H,20,21);1H. The Morgan fingerprint density at radius 3 is 2.84 bits per heavy atom. The van der Waals surface area contributed by atoms with Crippen molar-refractivity contribution < 1.29 is 0 Å². The normalized spacial score (nSPS) is 15.0. The first-order chi connectivity index (χ1) is 11.7. The lowest BCUT2D eigenvalue weighted by molar-refractivity contribution is 0.450. The Hall–Kier alpha value is -1.05. The summed E-state index contributed by atoms with van der Waals surface area (Å²) < 4.78 is 2.15. The van der Waals surface area contributed by atoms with Crippen molar-refractivity contribution >= 4 is 29.9 Å². The molecule has 1 fully saturated rings. The van der Waals surface area contributed by atoms with Crippen LogP contribution in [0.3, 0.4) is 0 Å². The quantitative estimate of drug-likeness (QED) is 0.196. The summed E-state index contributed by atoms with van der Waals surface area (Å²) in [5.74, 6) is 0.939. The van der Waals surface area contributed by atoms with Crippen LogP contribution in [-0.4, -0.2) is 41.3 Å². The van der Waals surface area contributed by atoms with Crippen molar-refractivity contribution in [3.8, 4) is 0 Å². The fraction of sp³-hybridized carbons (Fsp3) is 0.684. The summed E-state index contributed by atoms with van der Waals surface area (Å²) in [6, 6.07) is 2.73. The van der Waals surface area contributed by atoms with Gasteiger partial charge in [0.1, 0.15) is 0 Å². The van der Waals surface area contributed by atoms with Crippen LogP contribution in [0.4, 0.5) is 0 Å². The maximum atomic E-state index is 4.72. The van der Waals surface area contributed by atoms with Crippen molar-refractivity contribution in [2.75, 3.05) is 20.6 Å². The molecule has 142 valence electrons. The molecule has 5 nitrogen and oxygen atoms in total. The van der Waals surface area contributed by atoms with Gasteiger partial charge in [-0.1, -0.05) is 25.3 Å². The van der Waals surface area contributed by atoms with E-state index in [9.17, 15) is 0 Å². The number of rotatable bonds is 9. The Balaban J connectivity index is 0.00000312. The lowest BCUT2D eigenvalue weighted by Gasteiger charge is -2.21. The fourth-order valence-electron chi connectivity index (χ4n) is 3.32. The summed E-state index contributed by atoms with van der Waals surface area (Å²) in [6.45, 7) is 5.52. The minimum atomic E-state index is 0. The molecule has 0 atom stereocenters. The van der Waals surface area contributed by atoms with Crippen molar-refractivity contribution in [3.63, 3.8) is 0 Å².